The molecule has 3 amide bonds. The molecule has 0 saturated carbocycles. The topological polar surface area (TPSA) is 80.6 Å². The number of likely N-dealkylation sites (N-methyl/N-ethyl adjacent to an activating group) is 1. The van der Waals surface area contributed by atoms with Gasteiger partial charge in [0, 0.05) is 31.0 Å². The van der Waals surface area contributed by atoms with Crippen LogP contribution in [-0.4, -0.2) is 43.6 Å². The van der Waals surface area contributed by atoms with Crippen molar-refractivity contribution < 1.29 is 28.8 Å². The van der Waals surface area contributed by atoms with Gasteiger partial charge < -0.3 is 19.3 Å². The number of anilines is 2. The highest BCUT2D eigenvalue weighted by atomic mass is 16.7. The molecule has 2 aromatic rings. The Hall–Kier alpha value is -3.39. The van der Waals surface area contributed by atoms with E-state index in [2.05, 4.69) is 0 Å². The summed E-state index contributed by atoms with van der Waals surface area (Å²) in [5, 5.41) is 0. The van der Waals surface area contributed by atoms with Crippen molar-refractivity contribution in [3.63, 3.8) is 0 Å². The molecule has 2 aromatic carbocycles. The first kappa shape index (κ1) is 19.1. The molecule has 0 aliphatic carbocycles. The van der Waals surface area contributed by atoms with Crippen LogP contribution in [0.4, 0.5) is 11.4 Å². The fourth-order valence-corrected chi connectivity index (χ4v) is 7.19. The highest BCUT2D eigenvalue weighted by Gasteiger charge is 2.79. The fraction of sp³-hybridized carbons (Fsp3) is 0.400. The van der Waals surface area contributed by atoms with Crippen LogP contribution in [0.5, 0.6) is 11.5 Å². The maximum absolute atomic E-state index is 14.1. The number of rotatable bonds is 2. The van der Waals surface area contributed by atoms with Crippen LogP contribution in [0.25, 0.3) is 0 Å². The summed E-state index contributed by atoms with van der Waals surface area (Å²) in [4.78, 5) is 46.3. The molecule has 168 valence electrons. The van der Waals surface area contributed by atoms with E-state index in [0.717, 1.165) is 35.5 Å². The van der Waals surface area contributed by atoms with E-state index in [0.29, 0.717) is 23.7 Å². The van der Waals surface area contributed by atoms with Crippen LogP contribution < -0.4 is 24.2 Å². The van der Waals surface area contributed by atoms with Crippen molar-refractivity contribution >= 4 is 29.1 Å². The lowest BCUT2D eigenvalue weighted by molar-refractivity contribution is -0.948. The molecule has 0 aromatic heterocycles. The summed E-state index contributed by atoms with van der Waals surface area (Å²) in [6.07, 6.45) is 1.78. The second-order valence-corrected chi connectivity index (χ2v) is 9.45. The summed E-state index contributed by atoms with van der Waals surface area (Å²) >= 11 is 0. The standard InChI is InChI=1S/C25H23N3O5/c1-2-26-16-7-4-3-6-15(16)25(24(26)31)21-20(17-8-5-11-27(17)25)22(29)28(23(21)30)14-9-10-18-19(12-14)33-13-32-18/h3-4,6-7,9-10,12,17,20-21H,2,5,8,11,13H2,1H3/p+1/t17-,20+,21-,25+/m0/s1. The van der Waals surface area contributed by atoms with Crippen LogP contribution in [0.1, 0.15) is 25.3 Å². The average molecular weight is 446 g/mol. The maximum atomic E-state index is 14.1. The van der Waals surface area contributed by atoms with Gasteiger partial charge in [-0.05, 0) is 25.1 Å². The highest BCUT2D eigenvalue weighted by molar-refractivity contribution is 6.25. The quantitative estimate of drug-likeness (QED) is 0.692. The minimum absolute atomic E-state index is 0.0423. The van der Waals surface area contributed by atoms with E-state index in [-0.39, 0.29) is 30.6 Å². The van der Waals surface area contributed by atoms with E-state index in [1.807, 2.05) is 31.2 Å². The Balaban J connectivity index is 1.41. The Bertz CT molecular complexity index is 1240. The Labute approximate surface area is 190 Å². The number of para-hydroxylation sites is 1. The third-order valence-electron chi connectivity index (χ3n) is 8.30. The third-order valence-corrected chi connectivity index (χ3v) is 8.30. The number of quaternary nitrogens is 1. The van der Waals surface area contributed by atoms with E-state index in [1.54, 1.807) is 23.1 Å². The molecule has 3 fully saturated rings. The zero-order chi connectivity index (χ0) is 22.5. The van der Waals surface area contributed by atoms with Gasteiger partial charge in [0.25, 0.3) is 5.91 Å². The maximum Gasteiger partial charge on any atom is 0.294 e. The van der Waals surface area contributed by atoms with Crippen molar-refractivity contribution in [3.8, 4) is 11.5 Å². The lowest BCUT2D eigenvalue weighted by Gasteiger charge is -2.34. The van der Waals surface area contributed by atoms with Gasteiger partial charge >= 0.3 is 0 Å². The molecule has 3 saturated heterocycles. The van der Waals surface area contributed by atoms with Crippen molar-refractivity contribution in [3.05, 3.63) is 48.0 Å². The van der Waals surface area contributed by atoms with Crippen LogP contribution in [0.2, 0.25) is 0 Å². The number of ether oxygens (including phenoxy) is 2. The number of carbonyl (C=O) groups excluding carboxylic acids is 3. The van der Waals surface area contributed by atoms with Crippen molar-refractivity contribution in [2.75, 3.05) is 29.7 Å². The summed E-state index contributed by atoms with van der Waals surface area (Å²) in [5.41, 5.74) is 1.19. The molecular weight excluding hydrogens is 422 g/mol. The molecule has 5 aliphatic heterocycles. The number of carbonyl (C=O) groups is 3. The zero-order valence-corrected chi connectivity index (χ0v) is 18.2. The smallest absolute Gasteiger partial charge is 0.294 e. The molecule has 1 N–H and O–H groups in total. The Morgan fingerprint density at radius 3 is 2.73 bits per heavy atom. The predicted octanol–water partition coefficient (Wildman–Crippen LogP) is 0.844. The second-order valence-electron chi connectivity index (χ2n) is 9.45. The number of hydrogen-bond donors (Lipinski definition) is 1. The molecule has 1 spiro atoms. The molecule has 5 aliphatic rings. The first-order valence-corrected chi connectivity index (χ1v) is 11.6. The average Bonchev–Trinajstić information content (AvgIpc) is 3.60. The van der Waals surface area contributed by atoms with Crippen molar-refractivity contribution in [2.45, 2.75) is 31.3 Å². The van der Waals surface area contributed by atoms with Gasteiger partial charge in [-0.3, -0.25) is 14.4 Å². The fourth-order valence-electron chi connectivity index (χ4n) is 7.19. The van der Waals surface area contributed by atoms with Crippen LogP contribution in [0.3, 0.4) is 0 Å². The minimum Gasteiger partial charge on any atom is -0.454 e. The monoisotopic (exact) mass is 446 g/mol. The SMILES string of the molecule is CCN1C(=O)[C@@]2(c3ccccc31)[C@@H]1C(=O)N(c3ccc4c(c3)OCO4)C(=O)[C@@H]1[C@@H]1CCC[NH+]12. The molecule has 0 radical (unpaired) electrons. The lowest BCUT2D eigenvalue weighted by Crippen LogP contribution is -3.20. The molecule has 0 bridgehead atoms. The zero-order valence-electron chi connectivity index (χ0n) is 18.2. The Morgan fingerprint density at radius 2 is 1.88 bits per heavy atom. The van der Waals surface area contributed by atoms with Gasteiger partial charge in [-0.2, -0.15) is 0 Å². The number of fused-ring (bicyclic) bond motifs is 8. The number of nitrogens with one attached hydrogen (secondary N) is 1. The lowest BCUT2D eigenvalue weighted by atomic mass is 9.75. The van der Waals surface area contributed by atoms with Crippen molar-refractivity contribution in [2.24, 2.45) is 11.8 Å². The molecule has 5 atom stereocenters. The highest BCUT2D eigenvalue weighted by Crippen LogP contribution is 2.54. The van der Waals surface area contributed by atoms with E-state index < -0.39 is 17.4 Å². The van der Waals surface area contributed by atoms with Crippen LogP contribution in [0, 0.1) is 11.8 Å². The molecule has 7 rings (SSSR count). The third kappa shape index (κ3) is 2.08. The minimum atomic E-state index is -1.05. The van der Waals surface area contributed by atoms with Crippen LogP contribution in [-0.2, 0) is 19.9 Å². The van der Waals surface area contributed by atoms with Crippen molar-refractivity contribution in [1.82, 2.24) is 0 Å². The molecular formula is C25H24N3O5+. The first-order valence-electron chi connectivity index (χ1n) is 11.6. The summed E-state index contributed by atoms with van der Waals surface area (Å²) in [5.74, 6) is -0.631. The van der Waals surface area contributed by atoms with Gasteiger partial charge in [-0.1, -0.05) is 18.2 Å². The van der Waals surface area contributed by atoms with Gasteiger partial charge in [0.05, 0.1) is 17.9 Å². The van der Waals surface area contributed by atoms with E-state index in [1.165, 1.54) is 4.90 Å². The van der Waals surface area contributed by atoms with E-state index in [4.69, 9.17) is 9.47 Å². The molecule has 1 unspecified atom stereocenters. The molecule has 8 nitrogen and oxygen atoms in total. The number of benzene rings is 2. The number of imide groups is 1. The van der Waals surface area contributed by atoms with Crippen LogP contribution >= 0.6 is 0 Å². The van der Waals surface area contributed by atoms with E-state index >= 15 is 0 Å². The Kier molecular flexibility index (Phi) is 3.68. The molecule has 33 heavy (non-hydrogen) atoms. The Morgan fingerprint density at radius 1 is 1.06 bits per heavy atom. The summed E-state index contributed by atoms with van der Waals surface area (Å²) in [6.45, 7) is 3.39. The normalized spacial score (nSPS) is 33.3. The summed E-state index contributed by atoms with van der Waals surface area (Å²) in [7, 11) is 0. The molecule has 5 heterocycles. The van der Waals surface area contributed by atoms with Gasteiger partial charge in [0.2, 0.25) is 24.1 Å². The van der Waals surface area contributed by atoms with Gasteiger partial charge in [-0.15, -0.1) is 0 Å². The summed E-state index contributed by atoms with van der Waals surface area (Å²) in [6, 6.07) is 12.9. The predicted molar refractivity (Wildman–Crippen MR) is 117 cm³/mol. The van der Waals surface area contributed by atoms with E-state index in [9.17, 15) is 14.4 Å². The number of nitrogens with zero attached hydrogens (tertiary/aromatic N) is 2. The number of amides is 3. The van der Waals surface area contributed by atoms with Gasteiger partial charge in [0.15, 0.2) is 11.5 Å². The van der Waals surface area contributed by atoms with Gasteiger partial charge in [-0.25, -0.2) is 4.90 Å². The first-order chi connectivity index (χ1) is 16.1. The second kappa shape index (κ2) is 6.35. The van der Waals surface area contributed by atoms with Crippen LogP contribution in [0.15, 0.2) is 42.5 Å². The molecule has 8 heteroatoms. The van der Waals surface area contributed by atoms with Gasteiger partial charge in [0.1, 0.15) is 17.9 Å². The largest absolute Gasteiger partial charge is 0.454 e. The van der Waals surface area contributed by atoms with Crippen molar-refractivity contribution in [1.29, 1.82) is 0 Å². The summed E-state index contributed by atoms with van der Waals surface area (Å²) < 4.78 is 10.9. The number of hydrogen-bond acceptors (Lipinski definition) is 5.